The highest BCUT2D eigenvalue weighted by Gasteiger charge is 1.99. The van der Waals surface area contributed by atoms with E-state index in [4.69, 9.17) is 4.74 Å². The minimum atomic E-state index is -0.299. The highest BCUT2D eigenvalue weighted by atomic mass is 32.1. The fourth-order valence-electron chi connectivity index (χ4n) is 0.525. The van der Waals surface area contributed by atoms with Gasteiger partial charge in [0.15, 0.2) is 0 Å². The molecule has 0 radical (unpaired) electrons. The molecule has 66 valence electrons. The number of thiol groups is 1. The van der Waals surface area contributed by atoms with Crippen LogP contribution in [0.15, 0.2) is 0 Å². The van der Waals surface area contributed by atoms with Crippen molar-refractivity contribution in [3.63, 3.8) is 0 Å². The molecule has 0 amide bonds. The third-order valence-electron chi connectivity index (χ3n) is 0.972. The van der Waals surface area contributed by atoms with E-state index in [2.05, 4.69) is 17.4 Å². The normalized spacial score (nSPS) is 9.64. The maximum absolute atomic E-state index is 10.6. The van der Waals surface area contributed by atoms with Gasteiger partial charge in [-0.3, -0.25) is 0 Å². The molecule has 0 rings (SSSR count). The SMILES string of the molecule is CCOC(=O)COCCCS. The number of ether oxygens (including phenoxy) is 2. The zero-order valence-corrected chi connectivity index (χ0v) is 7.60. The minimum absolute atomic E-state index is 0.0572. The van der Waals surface area contributed by atoms with Crippen molar-refractivity contribution in [2.24, 2.45) is 0 Å². The summed E-state index contributed by atoms with van der Waals surface area (Å²) in [6, 6.07) is 0. The fourth-order valence-corrected chi connectivity index (χ4v) is 0.654. The molecule has 0 saturated carbocycles. The lowest BCUT2D eigenvalue weighted by molar-refractivity contribution is -0.148. The summed E-state index contributed by atoms with van der Waals surface area (Å²) >= 11 is 3.99. The van der Waals surface area contributed by atoms with E-state index in [0.29, 0.717) is 13.2 Å². The van der Waals surface area contributed by atoms with Crippen LogP contribution < -0.4 is 0 Å². The van der Waals surface area contributed by atoms with Crippen molar-refractivity contribution >= 4 is 18.6 Å². The predicted molar refractivity (Wildman–Crippen MR) is 45.9 cm³/mol. The predicted octanol–water partition coefficient (Wildman–Crippen LogP) is 0.886. The van der Waals surface area contributed by atoms with Crippen LogP contribution in [-0.2, 0) is 14.3 Å². The van der Waals surface area contributed by atoms with Gasteiger partial charge in [-0.15, -0.1) is 0 Å². The smallest absolute Gasteiger partial charge is 0.332 e. The summed E-state index contributed by atoms with van der Waals surface area (Å²) < 4.78 is 9.60. The first kappa shape index (κ1) is 10.8. The van der Waals surface area contributed by atoms with Gasteiger partial charge in [-0.2, -0.15) is 12.6 Å². The first-order valence-electron chi connectivity index (χ1n) is 3.65. The van der Waals surface area contributed by atoms with E-state index in [9.17, 15) is 4.79 Å². The molecule has 0 unspecified atom stereocenters. The number of carbonyl (C=O) groups excluding carboxylic acids is 1. The molecule has 11 heavy (non-hydrogen) atoms. The van der Waals surface area contributed by atoms with Crippen molar-refractivity contribution in [3.8, 4) is 0 Å². The summed E-state index contributed by atoms with van der Waals surface area (Å²) in [6.45, 7) is 2.81. The second kappa shape index (κ2) is 7.88. The van der Waals surface area contributed by atoms with Crippen molar-refractivity contribution in [1.29, 1.82) is 0 Å². The zero-order chi connectivity index (χ0) is 8.53. The van der Waals surface area contributed by atoms with E-state index in [1.54, 1.807) is 6.92 Å². The van der Waals surface area contributed by atoms with Gasteiger partial charge < -0.3 is 9.47 Å². The van der Waals surface area contributed by atoms with Crippen LogP contribution in [0, 0.1) is 0 Å². The Morgan fingerprint density at radius 3 is 2.82 bits per heavy atom. The van der Waals surface area contributed by atoms with Crippen LogP contribution in [-0.4, -0.2) is 31.5 Å². The molecule has 0 aromatic heterocycles. The van der Waals surface area contributed by atoms with Gasteiger partial charge >= 0.3 is 5.97 Å². The van der Waals surface area contributed by atoms with Crippen LogP contribution >= 0.6 is 12.6 Å². The number of hydrogen-bond acceptors (Lipinski definition) is 4. The lowest BCUT2D eigenvalue weighted by Gasteiger charge is -2.01. The summed E-state index contributed by atoms with van der Waals surface area (Å²) in [6.07, 6.45) is 0.864. The molecule has 0 aromatic rings. The van der Waals surface area contributed by atoms with Crippen LogP contribution in [0.5, 0.6) is 0 Å². The van der Waals surface area contributed by atoms with Gasteiger partial charge in [0, 0.05) is 6.61 Å². The molecule has 0 aliphatic rings. The van der Waals surface area contributed by atoms with E-state index in [1.807, 2.05) is 0 Å². The average molecular weight is 178 g/mol. The zero-order valence-electron chi connectivity index (χ0n) is 6.71. The second-order valence-electron chi connectivity index (χ2n) is 1.93. The number of carbonyl (C=O) groups is 1. The first-order chi connectivity index (χ1) is 5.31. The summed E-state index contributed by atoms with van der Waals surface area (Å²) in [5.74, 6) is 0.481. The standard InChI is InChI=1S/C7H14O3S/c1-2-10-7(8)6-9-4-3-5-11/h11H,2-6H2,1H3. The molecule has 0 saturated heterocycles. The molecule has 0 N–H and O–H groups in total. The Morgan fingerprint density at radius 1 is 1.55 bits per heavy atom. The van der Waals surface area contributed by atoms with E-state index in [-0.39, 0.29) is 12.6 Å². The molecule has 0 aromatic carbocycles. The lowest BCUT2D eigenvalue weighted by Crippen LogP contribution is -2.12. The topological polar surface area (TPSA) is 35.5 Å². The van der Waals surface area contributed by atoms with Crippen LogP contribution in [0.2, 0.25) is 0 Å². The Kier molecular flexibility index (Phi) is 7.72. The molecule has 0 aliphatic heterocycles. The molecule has 4 heteroatoms. The largest absolute Gasteiger partial charge is 0.464 e. The summed E-state index contributed by atoms with van der Waals surface area (Å²) in [7, 11) is 0. The minimum Gasteiger partial charge on any atom is -0.464 e. The van der Waals surface area contributed by atoms with Crippen molar-refractivity contribution in [2.45, 2.75) is 13.3 Å². The molecular weight excluding hydrogens is 164 g/mol. The summed E-state index contributed by atoms with van der Waals surface area (Å²) in [5, 5.41) is 0. The average Bonchev–Trinajstić information content (AvgIpc) is 1.99. The number of rotatable bonds is 6. The highest BCUT2D eigenvalue weighted by Crippen LogP contribution is 1.86. The maximum atomic E-state index is 10.6. The van der Waals surface area contributed by atoms with E-state index in [1.165, 1.54) is 0 Å². The Labute approximate surface area is 72.5 Å². The molecule has 0 heterocycles. The van der Waals surface area contributed by atoms with Gasteiger partial charge in [-0.05, 0) is 19.1 Å². The second-order valence-corrected chi connectivity index (χ2v) is 2.38. The van der Waals surface area contributed by atoms with Gasteiger partial charge in [-0.25, -0.2) is 4.79 Å². The van der Waals surface area contributed by atoms with Crippen LogP contribution in [0.1, 0.15) is 13.3 Å². The number of esters is 1. The first-order valence-corrected chi connectivity index (χ1v) is 4.28. The molecular formula is C7H14O3S. The summed E-state index contributed by atoms with van der Waals surface area (Å²) in [5.41, 5.74) is 0. The van der Waals surface area contributed by atoms with Crippen LogP contribution in [0.3, 0.4) is 0 Å². The van der Waals surface area contributed by atoms with E-state index >= 15 is 0 Å². The third-order valence-corrected chi connectivity index (χ3v) is 1.29. The van der Waals surface area contributed by atoms with Gasteiger partial charge in [0.1, 0.15) is 6.61 Å². The van der Waals surface area contributed by atoms with Crippen molar-refractivity contribution in [2.75, 3.05) is 25.6 Å². The molecule has 0 bridgehead atoms. The Balaban J connectivity index is 3.04. The van der Waals surface area contributed by atoms with Gasteiger partial charge in [0.25, 0.3) is 0 Å². The fraction of sp³-hybridized carbons (Fsp3) is 0.857. The Hall–Kier alpha value is -0.220. The monoisotopic (exact) mass is 178 g/mol. The van der Waals surface area contributed by atoms with Crippen molar-refractivity contribution < 1.29 is 14.3 Å². The van der Waals surface area contributed by atoms with Gasteiger partial charge in [0.05, 0.1) is 6.61 Å². The summed E-state index contributed by atoms with van der Waals surface area (Å²) in [4.78, 5) is 10.6. The van der Waals surface area contributed by atoms with Gasteiger partial charge in [-0.1, -0.05) is 0 Å². The van der Waals surface area contributed by atoms with Crippen molar-refractivity contribution in [1.82, 2.24) is 0 Å². The lowest BCUT2D eigenvalue weighted by atomic mass is 10.5. The van der Waals surface area contributed by atoms with Crippen LogP contribution in [0.25, 0.3) is 0 Å². The quantitative estimate of drug-likeness (QED) is 0.372. The number of hydrogen-bond donors (Lipinski definition) is 1. The molecule has 3 nitrogen and oxygen atoms in total. The Morgan fingerprint density at radius 2 is 2.27 bits per heavy atom. The van der Waals surface area contributed by atoms with E-state index < -0.39 is 0 Å². The Bertz CT molecular complexity index is 106. The third kappa shape index (κ3) is 7.68. The molecule has 0 aliphatic carbocycles. The van der Waals surface area contributed by atoms with Gasteiger partial charge in [0.2, 0.25) is 0 Å². The molecule has 0 spiro atoms. The molecule has 0 fully saturated rings. The maximum Gasteiger partial charge on any atom is 0.332 e. The highest BCUT2D eigenvalue weighted by molar-refractivity contribution is 7.80. The van der Waals surface area contributed by atoms with Crippen LogP contribution in [0.4, 0.5) is 0 Å². The molecule has 0 atom stereocenters. The van der Waals surface area contributed by atoms with E-state index in [0.717, 1.165) is 12.2 Å². The van der Waals surface area contributed by atoms with Crippen molar-refractivity contribution in [3.05, 3.63) is 0 Å².